The maximum atomic E-state index is 3.41. The van der Waals surface area contributed by atoms with Gasteiger partial charge in [-0.2, -0.15) is 0 Å². The molecule has 1 saturated carbocycles. The monoisotopic (exact) mass is 239 g/mol. The zero-order valence-corrected chi connectivity index (χ0v) is 11.5. The highest BCUT2D eigenvalue weighted by atomic mass is 15.2. The molecule has 2 rings (SSSR count). The first-order chi connectivity index (χ1) is 8.34. The SMILES string of the molecule is CN(CCC1CCCC1)CCN1CCNCC1. The first-order valence-corrected chi connectivity index (χ1v) is 7.46. The van der Waals surface area contributed by atoms with Crippen LogP contribution in [0.4, 0.5) is 0 Å². The van der Waals surface area contributed by atoms with Crippen LogP contribution in [0.2, 0.25) is 0 Å². The van der Waals surface area contributed by atoms with Crippen molar-refractivity contribution in [2.45, 2.75) is 32.1 Å². The Kier molecular flexibility index (Phi) is 5.75. The van der Waals surface area contributed by atoms with E-state index in [0.29, 0.717) is 0 Å². The molecule has 2 fully saturated rings. The van der Waals surface area contributed by atoms with Crippen LogP contribution in [0.25, 0.3) is 0 Å². The average molecular weight is 239 g/mol. The fourth-order valence-corrected chi connectivity index (χ4v) is 3.06. The number of likely N-dealkylation sites (N-methyl/N-ethyl adjacent to an activating group) is 1. The molecule has 1 aliphatic heterocycles. The van der Waals surface area contributed by atoms with Crippen LogP contribution in [0.5, 0.6) is 0 Å². The van der Waals surface area contributed by atoms with Crippen molar-refractivity contribution in [2.24, 2.45) is 5.92 Å². The first kappa shape index (κ1) is 13.3. The summed E-state index contributed by atoms with van der Waals surface area (Å²) in [5.74, 6) is 1.04. The summed E-state index contributed by atoms with van der Waals surface area (Å²) in [6, 6.07) is 0. The number of hydrogen-bond acceptors (Lipinski definition) is 3. The van der Waals surface area contributed by atoms with Gasteiger partial charge in [0.1, 0.15) is 0 Å². The molecule has 0 unspecified atom stereocenters. The van der Waals surface area contributed by atoms with E-state index in [1.807, 2.05) is 0 Å². The summed E-state index contributed by atoms with van der Waals surface area (Å²) in [6.07, 6.45) is 7.37. The van der Waals surface area contributed by atoms with Crippen LogP contribution >= 0.6 is 0 Å². The van der Waals surface area contributed by atoms with Gasteiger partial charge in [0.05, 0.1) is 0 Å². The Balaban J connectivity index is 1.52. The molecule has 0 radical (unpaired) electrons. The van der Waals surface area contributed by atoms with Gasteiger partial charge in [0.2, 0.25) is 0 Å². The van der Waals surface area contributed by atoms with Crippen LogP contribution in [0.1, 0.15) is 32.1 Å². The third-order valence-corrected chi connectivity index (χ3v) is 4.40. The lowest BCUT2D eigenvalue weighted by Gasteiger charge is -2.29. The zero-order chi connectivity index (χ0) is 11.9. The number of piperazine rings is 1. The Morgan fingerprint density at radius 1 is 1.12 bits per heavy atom. The summed E-state index contributed by atoms with van der Waals surface area (Å²) in [5.41, 5.74) is 0. The molecule has 1 aliphatic carbocycles. The second kappa shape index (κ2) is 7.34. The summed E-state index contributed by atoms with van der Waals surface area (Å²) in [6.45, 7) is 8.61. The summed E-state index contributed by atoms with van der Waals surface area (Å²) in [5, 5.41) is 3.41. The average Bonchev–Trinajstić information content (AvgIpc) is 2.88. The largest absolute Gasteiger partial charge is 0.314 e. The van der Waals surface area contributed by atoms with Crippen molar-refractivity contribution >= 4 is 0 Å². The van der Waals surface area contributed by atoms with Crippen LogP contribution in [0.3, 0.4) is 0 Å². The smallest absolute Gasteiger partial charge is 0.0110 e. The van der Waals surface area contributed by atoms with Crippen molar-refractivity contribution in [3.05, 3.63) is 0 Å². The Morgan fingerprint density at radius 2 is 1.82 bits per heavy atom. The van der Waals surface area contributed by atoms with Gasteiger partial charge in [0, 0.05) is 39.3 Å². The maximum Gasteiger partial charge on any atom is 0.0110 e. The van der Waals surface area contributed by atoms with Gasteiger partial charge in [0.15, 0.2) is 0 Å². The Bertz CT molecular complexity index is 196. The number of hydrogen-bond donors (Lipinski definition) is 1. The van der Waals surface area contributed by atoms with Gasteiger partial charge in [-0.3, -0.25) is 4.90 Å². The molecule has 17 heavy (non-hydrogen) atoms. The molecule has 0 bridgehead atoms. The van der Waals surface area contributed by atoms with Crippen molar-refractivity contribution in [3.8, 4) is 0 Å². The second-order valence-electron chi connectivity index (χ2n) is 5.83. The van der Waals surface area contributed by atoms with Crippen LogP contribution < -0.4 is 5.32 Å². The summed E-state index contributed by atoms with van der Waals surface area (Å²) in [4.78, 5) is 5.11. The van der Waals surface area contributed by atoms with Crippen molar-refractivity contribution < 1.29 is 0 Å². The Hall–Kier alpha value is -0.120. The van der Waals surface area contributed by atoms with Gasteiger partial charge in [-0.05, 0) is 25.9 Å². The van der Waals surface area contributed by atoms with Gasteiger partial charge < -0.3 is 10.2 Å². The van der Waals surface area contributed by atoms with Gasteiger partial charge in [-0.1, -0.05) is 25.7 Å². The van der Waals surface area contributed by atoms with Crippen molar-refractivity contribution in [3.63, 3.8) is 0 Å². The summed E-state index contributed by atoms with van der Waals surface area (Å²) < 4.78 is 0. The third kappa shape index (κ3) is 4.94. The highest BCUT2D eigenvalue weighted by Crippen LogP contribution is 2.27. The lowest BCUT2D eigenvalue weighted by atomic mass is 10.0. The Labute approximate surface area is 107 Å². The standard InChI is InChI=1S/C14H29N3/c1-16(9-6-14-4-2-3-5-14)12-13-17-10-7-15-8-11-17/h14-15H,2-13H2,1H3. The first-order valence-electron chi connectivity index (χ1n) is 7.46. The predicted molar refractivity (Wildman–Crippen MR) is 73.4 cm³/mol. The number of rotatable bonds is 6. The van der Waals surface area contributed by atoms with Gasteiger partial charge in [-0.25, -0.2) is 0 Å². The van der Waals surface area contributed by atoms with E-state index >= 15 is 0 Å². The van der Waals surface area contributed by atoms with E-state index in [2.05, 4.69) is 22.2 Å². The molecule has 3 nitrogen and oxygen atoms in total. The van der Waals surface area contributed by atoms with Gasteiger partial charge in [0.25, 0.3) is 0 Å². The van der Waals surface area contributed by atoms with Crippen molar-refractivity contribution in [1.82, 2.24) is 15.1 Å². The van der Waals surface area contributed by atoms with Gasteiger partial charge in [-0.15, -0.1) is 0 Å². The minimum atomic E-state index is 1.04. The van der Waals surface area contributed by atoms with Gasteiger partial charge >= 0.3 is 0 Å². The fraction of sp³-hybridized carbons (Fsp3) is 1.00. The molecule has 0 atom stereocenters. The lowest BCUT2D eigenvalue weighted by Crippen LogP contribution is -2.46. The predicted octanol–water partition coefficient (Wildman–Crippen LogP) is 1.40. The third-order valence-electron chi connectivity index (χ3n) is 4.40. The van der Waals surface area contributed by atoms with Crippen LogP contribution in [0.15, 0.2) is 0 Å². The molecule has 3 heteroatoms. The number of nitrogens with one attached hydrogen (secondary N) is 1. The molecule has 0 aromatic rings. The lowest BCUT2D eigenvalue weighted by molar-refractivity contribution is 0.200. The fourth-order valence-electron chi connectivity index (χ4n) is 3.06. The highest BCUT2D eigenvalue weighted by Gasteiger charge is 2.15. The highest BCUT2D eigenvalue weighted by molar-refractivity contribution is 4.71. The molecule has 1 N–H and O–H groups in total. The van der Waals surface area contributed by atoms with Crippen LogP contribution in [0, 0.1) is 5.92 Å². The van der Waals surface area contributed by atoms with E-state index in [4.69, 9.17) is 0 Å². The van der Waals surface area contributed by atoms with E-state index in [9.17, 15) is 0 Å². The quantitative estimate of drug-likeness (QED) is 0.756. The van der Waals surface area contributed by atoms with Crippen molar-refractivity contribution in [1.29, 1.82) is 0 Å². The minimum Gasteiger partial charge on any atom is -0.314 e. The molecular formula is C14H29N3. The normalized spacial score (nSPS) is 23.6. The topological polar surface area (TPSA) is 18.5 Å². The van der Waals surface area contributed by atoms with E-state index < -0.39 is 0 Å². The molecule has 2 aliphatic rings. The number of nitrogens with zero attached hydrogens (tertiary/aromatic N) is 2. The second-order valence-corrected chi connectivity index (χ2v) is 5.83. The minimum absolute atomic E-state index is 1.04. The van der Waals surface area contributed by atoms with E-state index in [1.165, 1.54) is 77.9 Å². The van der Waals surface area contributed by atoms with E-state index in [-0.39, 0.29) is 0 Å². The van der Waals surface area contributed by atoms with Crippen LogP contribution in [-0.4, -0.2) is 62.7 Å². The molecule has 0 aromatic carbocycles. The maximum absolute atomic E-state index is 3.41. The molecular weight excluding hydrogens is 210 g/mol. The van der Waals surface area contributed by atoms with Crippen LogP contribution in [-0.2, 0) is 0 Å². The molecule has 0 spiro atoms. The molecule has 100 valence electrons. The van der Waals surface area contributed by atoms with Crippen molar-refractivity contribution in [2.75, 3.05) is 52.9 Å². The Morgan fingerprint density at radius 3 is 2.53 bits per heavy atom. The molecule has 0 aromatic heterocycles. The zero-order valence-electron chi connectivity index (χ0n) is 11.5. The summed E-state index contributed by atoms with van der Waals surface area (Å²) >= 11 is 0. The molecule has 1 heterocycles. The molecule has 0 amide bonds. The molecule has 1 saturated heterocycles. The van der Waals surface area contributed by atoms with E-state index in [0.717, 1.165) is 5.92 Å². The summed E-state index contributed by atoms with van der Waals surface area (Å²) in [7, 11) is 2.29. The van der Waals surface area contributed by atoms with E-state index in [1.54, 1.807) is 0 Å².